The number of anilines is 1. The summed E-state index contributed by atoms with van der Waals surface area (Å²) in [5, 5.41) is 3.16. The topological polar surface area (TPSA) is 86.8 Å². The highest BCUT2D eigenvalue weighted by Crippen LogP contribution is 2.33. The molecule has 4 aromatic carbocycles. The summed E-state index contributed by atoms with van der Waals surface area (Å²) in [6.07, 6.45) is -4.70. The van der Waals surface area contributed by atoms with E-state index in [2.05, 4.69) is 5.32 Å². The van der Waals surface area contributed by atoms with Crippen LogP contribution in [0.25, 0.3) is 0 Å². The van der Waals surface area contributed by atoms with Crippen LogP contribution in [0.1, 0.15) is 36.1 Å². The molecule has 4 rings (SSSR count). The standard InChI is InChI=1S/C35H35ClF3N3O4S/c1-24(2)40-34(44)32(20-26-10-5-4-6-11-26)41(22-27-12-7-8-15-31(27)36)33(43)23-42(29-14-9-13-28(21-29)35(37,38)39)47(45,46)30-18-16-25(3)17-19-30/h4-19,21,24,32H,20,22-23H2,1-3H3,(H,40,44). The van der Waals surface area contributed by atoms with E-state index in [1.165, 1.54) is 23.1 Å². The van der Waals surface area contributed by atoms with Gasteiger partial charge in [0.25, 0.3) is 10.0 Å². The molecule has 1 unspecified atom stereocenters. The smallest absolute Gasteiger partial charge is 0.352 e. The first kappa shape index (κ1) is 35.5. The van der Waals surface area contributed by atoms with Crippen LogP contribution < -0.4 is 9.62 Å². The molecule has 248 valence electrons. The number of amides is 2. The second-order valence-corrected chi connectivity index (χ2v) is 13.6. The fourth-order valence-corrected chi connectivity index (χ4v) is 6.55. The number of nitrogens with zero attached hydrogens (tertiary/aromatic N) is 2. The lowest BCUT2D eigenvalue weighted by molar-refractivity contribution is -0.140. The van der Waals surface area contributed by atoms with Crippen molar-refractivity contribution >= 4 is 39.1 Å². The molecule has 0 saturated carbocycles. The molecule has 1 N–H and O–H groups in total. The number of carbonyl (C=O) groups is 2. The molecule has 1 atom stereocenters. The third-order valence-electron chi connectivity index (χ3n) is 7.35. The lowest BCUT2D eigenvalue weighted by Crippen LogP contribution is -2.54. The Morgan fingerprint density at radius 3 is 2.13 bits per heavy atom. The largest absolute Gasteiger partial charge is 0.416 e. The molecule has 0 aliphatic heterocycles. The van der Waals surface area contributed by atoms with Gasteiger partial charge in [-0.2, -0.15) is 13.2 Å². The molecular formula is C35H35ClF3N3O4S. The van der Waals surface area contributed by atoms with Gasteiger partial charge in [0.15, 0.2) is 0 Å². The highest BCUT2D eigenvalue weighted by atomic mass is 35.5. The number of sulfonamides is 1. The van der Waals surface area contributed by atoms with Gasteiger partial charge in [0.05, 0.1) is 16.1 Å². The fraction of sp³-hybridized carbons (Fsp3) is 0.257. The number of benzene rings is 4. The van der Waals surface area contributed by atoms with Crippen molar-refractivity contribution in [2.24, 2.45) is 0 Å². The number of carbonyl (C=O) groups excluding carboxylic acids is 2. The van der Waals surface area contributed by atoms with Gasteiger partial charge in [-0.05, 0) is 68.3 Å². The number of nitrogens with one attached hydrogen (secondary N) is 1. The molecule has 12 heteroatoms. The molecule has 0 heterocycles. The molecule has 0 aliphatic rings. The Kier molecular flexibility index (Phi) is 11.4. The number of alkyl halides is 3. The van der Waals surface area contributed by atoms with Crippen LogP contribution in [0.5, 0.6) is 0 Å². The van der Waals surface area contributed by atoms with Gasteiger partial charge < -0.3 is 10.2 Å². The normalized spacial score (nSPS) is 12.4. The Balaban J connectivity index is 1.86. The second kappa shape index (κ2) is 15.0. The maximum absolute atomic E-state index is 14.5. The first-order valence-corrected chi connectivity index (χ1v) is 16.6. The summed E-state index contributed by atoms with van der Waals surface area (Å²) in [5.74, 6) is -1.31. The van der Waals surface area contributed by atoms with Crippen molar-refractivity contribution < 1.29 is 31.2 Å². The quantitative estimate of drug-likeness (QED) is 0.174. The van der Waals surface area contributed by atoms with E-state index in [0.717, 1.165) is 23.3 Å². The molecule has 0 fully saturated rings. The van der Waals surface area contributed by atoms with Crippen LogP contribution in [0, 0.1) is 6.92 Å². The van der Waals surface area contributed by atoms with Gasteiger partial charge in [-0.25, -0.2) is 8.42 Å². The van der Waals surface area contributed by atoms with Crippen molar-refractivity contribution in [2.45, 2.75) is 56.9 Å². The third-order valence-corrected chi connectivity index (χ3v) is 9.51. The fourth-order valence-electron chi connectivity index (χ4n) is 4.95. The van der Waals surface area contributed by atoms with Gasteiger partial charge in [0.2, 0.25) is 11.8 Å². The van der Waals surface area contributed by atoms with E-state index in [0.29, 0.717) is 21.0 Å². The molecule has 2 amide bonds. The number of halogens is 4. The van der Waals surface area contributed by atoms with E-state index in [1.54, 1.807) is 81.4 Å². The summed E-state index contributed by atoms with van der Waals surface area (Å²) in [6.45, 7) is 4.21. The lowest BCUT2D eigenvalue weighted by Gasteiger charge is -2.34. The predicted octanol–water partition coefficient (Wildman–Crippen LogP) is 7.03. The van der Waals surface area contributed by atoms with Crippen LogP contribution in [-0.2, 0) is 38.8 Å². The van der Waals surface area contributed by atoms with Crippen LogP contribution in [0.15, 0.2) is 108 Å². The maximum atomic E-state index is 14.5. The summed E-state index contributed by atoms with van der Waals surface area (Å²) in [5.41, 5.74) is 0.534. The van der Waals surface area contributed by atoms with Crippen LogP contribution >= 0.6 is 11.6 Å². The maximum Gasteiger partial charge on any atom is 0.416 e. The lowest BCUT2D eigenvalue weighted by atomic mass is 10.0. The Morgan fingerprint density at radius 1 is 0.872 bits per heavy atom. The first-order chi connectivity index (χ1) is 22.2. The minimum Gasteiger partial charge on any atom is -0.352 e. The van der Waals surface area contributed by atoms with Crippen molar-refractivity contribution in [2.75, 3.05) is 10.8 Å². The SMILES string of the molecule is Cc1ccc(S(=O)(=O)N(CC(=O)N(Cc2ccccc2Cl)C(Cc2ccccc2)C(=O)NC(C)C)c2cccc(C(F)(F)F)c2)cc1. The van der Waals surface area contributed by atoms with Crippen LogP contribution in [0.3, 0.4) is 0 Å². The molecule has 0 aromatic heterocycles. The average molecular weight is 686 g/mol. The Labute approximate surface area is 278 Å². The van der Waals surface area contributed by atoms with Crippen molar-refractivity contribution in [1.29, 1.82) is 0 Å². The minimum atomic E-state index is -4.77. The molecule has 0 bridgehead atoms. The molecule has 47 heavy (non-hydrogen) atoms. The van der Waals surface area contributed by atoms with E-state index < -0.39 is 46.2 Å². The van der Waals surface area contributed by atoms with Crippen LogP contribution in [0.2, 0.25) is 5.02 Å². The number of hydrogen-bond donors (Lipinski definition) is 1. The zero-order valence-corrected chi connectivity index (χ0v) is 27.6. The zero-order valence-electron chi connectivity index (χ0n) is 26.0. The monoisotopic (exact) mass is 685 g/mol. The van der Waals surface area contributed by atoms with Crippen molar-refractivity contribution in [3.05, 3.63) is 130 Å². The number of rotatable bonds is 12. The highest BCUT2D eigenvalue weighted by Gasteiger charge is 2.36. The van der Waals surface area contributed by atoms with E-state index in [4.69, 9.17) is 11.6 Å². The van der Waals surface area contributed by atoms with Gasteiger partial charge >= 0.3 is 6.18 Å². The average Bonchev–Trinajstić information content (AvgIpc) is 3.02. The van der Waals surface area contributed by atoms with Crippen LogP contribution in [0.4, 0.5) is 18.9 Å². The van der Waals surface area contributed by atoms with Crippen molar-refractivity contribution in [3.63, 3.8) is 0 Å². The predicted molar refractivity (Wildman–Crippen MR) is 176 cm³/mol. The highest BCUT2D eigenvalue weighted by molar-refractivity contribution is 7.92. The Bertz CT molecular complexity index is 1800. The molecule has 7 nitrogen and oxygen atoms in total. The molecule has 0 saturated heterocycles. The summed E-state index contributed by atoms with van der Waals surface area (Å²) in [7, 11) is -4.57. The third kappa shape index (κ3) is 9.14. The molecule has 0 radical (unpaired) electrons. The zero-order chi connectivity index (χ0) is 34.4. The van der Waals surface area contributed by atoms with E-state index in [-0.39, 0.29) is 29.6 Å². The molecule has 4 aromatic rings. The van der Waals surface area contributed by atoms with Gasteiger partial charge in [-0.15, -0.1) is 0 Å². The summed E-state index contributed by atoms with van der Waals surface area (Å²) in [6, 6.07) is 23.8. The summed E-state index contributed by atoms with van der Waals surface area (Å²) < 4.78 is 70.1. The van der Waals surface area contributed by atoms with Crippen molar-refractivity contribution in [3.8, 4) is 0 Å². The first-order valence-electron chi connectivity index (χ1n) is 14.8. The Morgan fingerprint density at radius 2 is 1.51 bits per heavy atom. The summed E-state index contributed by atoms with van der Waals surface area (Å²) in [4.78, 5) is 29.2. The summed E-state index contributed by atoms with van der Waals surface area (Å²) >= 11 is 6.48. The number of hydrogen-bond acceptors (Lipinski definition) is 4. The minimum absolute atomic E-state index is 0.0733. The molecule has 0 spiro atoms. The Hall–Kier alpha value is -4.35. The second-order valence-electron chi connectivity index (χ2n) is 11.4. The molecular weight excluding hydrogens is 651 g/mol. The van der Waals surface area contributed by atoms with Gasteiger partial charge in [0, 0.05) is 24.0 Å². The van der Waals surface area contributed by atoms with Gasteiger partial charge in [-0.1, -0.05) is 83.9 Å². The van der Waals surface area contributed by atoms with E-state index in [1.807, 2.05) is 6.07 Å². The van der Waals surface area contributed by atoms with Crippen LogP contribution in [-0.4, -0.2) is 43.8 Å². The van der Waals surface area contributed by atoms with Crippen molar-refractivity contribution in [1.82, 2.24) is 10.2 Å². The van der Waals surface area contributed by atoms with E-state index >= 15 is 0 Å². The molecule has 0 aliphatic carbocycles. The number of aryl methyl sites for hydroxylation is 1. The van der Waals surface area contributed by atoms with Gasteiger partial charge in [0.1, 0.15) is 12.6 Å². The van der Waals surface area contributed by atoms with Gasteiger partial charge in [-0.3, -0.25) is 13.9 Å². The van der Waals surface area contributed by atoms with E-state index in [9.17, 15) is 31.2 Å².